The second kappa shape index (κ2) is 7.57. The minimum Gasteiger partial charge on any atom is -0.374 e. The molecule has 0 aromatic carbocycles. The number of fused-ring (bicyclic) bond motifs is 1. The molecule has 1 aliphatic rings. The van der Waals surface area contributed by atoms with Crippen molar-refractivity contribution in [3.8, 4) is 0 Å². The molecule has 0 amide bonds. The zero-order valence-corrected chi connectivity index (χ0v) is 15.4. The van der Waals surface area contributed by atoms with Crippen LogP contribution in [-0.2, 0) is 18.3 Å². The van der Waals surface area contributed by atoms with Gasteiger partial charge in [-0.2, -0.15) is 5.10 Å². The molecular weight excluding hydrogens is 328 g/mol. The molecule has 138 valence electrons. The van der Waals surface area contributed by atoms with Gasteiger partial charge in [-0.25, -0.2) is 9.50 Å². The van der Waals surface area contributed by atoms with E-state index < -0.39 is 0 Å². The Morgan fingerprint density at radius 3 is 3.04 bits per heavy atom. The first-order valence-electron chi connectivity index (χ1n) is 9.21. The topological polar surface area (TPSA) is 59.6 Å². The maximum Gasteiger partial charge on any atom is 0.0946 e. The summed E-state index contributed by atoms with van der Waals surface area (Å²) >= 11 is 0. The van der Waals surface area contributed by atoms with Gasteiger partial charge in [0.15, 0.2) is 0 Å². The van der Waals surface area contributed by atoms with Gasteiger partial charge in [0.25, 0.3) is 0 Å². The fraction of sp³-hybridized carbons (Fsp3) is 0.474. The first kappa shape index (κ1) is 17.2. The van der Waals surface area contributed by atoms with Gasteiger partial charge in [0.05, 0.1) is 42.5 Å². The lowest BCUT2D eigenvalue weighted by atomic mass is 10.0. The Hall–Kier alpha value is -2.22. The van der Waals surface area contributed by atoms with Crippen LogP contribution >= 0.6 is 0 Å². The molecule has 26 heavy (non-hydrogen) atoms. The van der Waals surface area contributed by atoms with Crippen molar-refractivity contribution in [2.45, 2.75) is 25.6 Å². The van der Waals surface area contributed by atoms with Crippen molar-refractivity contribution in [2.24, 2.45) is 7.05 Å². The molecule has 0 radical (unpaired) electrons. The zero-order valence-electron chi connectivity index (χ0n) is 15.4. The summed E-state index contributed by atoms with van der Waals surface area (Å²) in [6, 6.07) is 6.35. The number of morpholine rings is 1. The third-order valence-electron chi connectivity index (χ3n) is 5.19. The third-order valence-corrected chi connectivity index (χ3v) is 5.19. The minimum atomic E-state index is 0.0981. The lowest BCUT2D eigenvalue weighted by molar-refractivity contribution is -0.0716. The summed E-state index contributed by atoms with van der Waals surface area (Å²) < 4.78 is 10.1. The first-order valence-corrected chi connectivity index (χ1v) is 9.21. The molecule has 4 rings (SSSR count). The molecule has 0 aliphatic carbocycles. The van der Waals surface area contributed by atoms with Crippen LogP contribution in [0.1, 0.15) is 24.2 Å². The van der Waals surface area contributed by atoms with Crippen LogP contribution in [0.3, 0.4) is 0 Å². The Kier molecular flexibility index (Phi) is 5.01. The van der Waals surface area contributed by atoms with Crippen molar-refractivity contribution in [3.05, 3.63) is 54.4 Å². The molecule has 7 nitrogen and oxygen atoms in total. The van der Waals surface area contributed by atoms with Crippen LogP contribution in [0, 0.1) is 0 Å². The molecule has 1 saturated heterocycles. The van der Waals surface area contributed by atoms with Crippen LogP contribution in [0.4, 0.5) is 0 Å². The van der Waals surface area contributed by atoms with Crippen LogP contribution in [0.5, 0.6) is 0 Å². The predicted octanol–water partition coefficient (Wildman–Crippen LogP) is 1.62. The SMILES string of the molecule is CCN1CCO[C@@H](CNCc2cnn3ccccc23)[C@@H]1c1cncn1C. The molecule has 1 aliphatic heterocycles. The fourth-order valence-electron chi connectivity index (χ4n) is 3.81. The summed E-state index contributed by atoms with van der Waals surface area (Å²) in [5.41, 5.74) is 3.54. The van der Waals surface area contributed by atoms with Gasteiger partial charge in [0, 0.05) is 44.6 Å². The summed E-state index contributed by atoms with van der Waals surface area (Å²) in [7, 11) is 2.05. The van der Waals surface area contributed by atoms with Gasteiger partial charge >= 0.3 is 0 Å². The van der Waals surface area contributed by atoms with Gasteiger partial charge in [-0.15, -0.1) is 0 Å². The van der Waals surface area contributed by atoms with E-state index in [2.05, 4.69) is 37.9 Å². The smallest absolute Gasteiger partial charge is 0.0946 e. The molecule has 3 aromatic rings. The summed E-state index contributed by atoms with van der Waals surface area (Å²) in [5.74, 6) is 0. The summed E-state index contributed by atoms with van der Waals surface area (Å²) in [6.45, 7) is 6.50. The highest BCUT2D eigenvalue weighted by Gasteiger charge is 2.34. The van der Waals surface area contributed by atoms with E-state index in [1.807, 2.05) is 48.6 Å². The highest BCUT2D eigenvalue weighted by Crippen LogP contribution is 2.28. The summed E-state index contributed by atoms with van der Waals surface area (Å²) in [6.07, 6.45) is 7.82. The van der Waals surface area contributed by atoms with Gasteiger partial charge in [-0.3, -0.25) is 4.90 Å². The van der Waals surface area contributed by atoms with Crippen LogP contribution in [-0.4, -0.2) is 56.4 Å². The lowest BCUT2D eigenvalue weighted by Crippen LogP contribution is -2.49. The van der Waals surface area contributed by atoms with Crippen molar-refractivity contribution in [2.75, 3.05) is 26.2 Å². The molecule has 0 spiro atoms. The largest absolute Gasteiger partial charge is 0.374 e. The van der Waals surface area contributed by atoms with Gasteiger partial charge in [-0.1, -0.05) is 13.0 Å². The molecule has 1 fully saturated rings. The first-order chi connectivity index (χ1) is 12.8. The number of rotatable bonds is 6. The van der Waals surface area contributed by atoms with Crippen molar-refractivity contribution in [3.63, 3.8) is 0 Å². The van der Waals surface area contributed by atoms with Crippen LogP contribution in [0.15, 0.2) is 43.1 Å². The predicted molar refractivity (Wildman–Crippen MR) is 99.8 cm³/mol. The molecule has 7 heteroatoms. The number of nitrogens with one attached hydrogen (secondary N) is 1. The Morgan fingerprint density at radius 2 is 2.23 bits per heavy atom. The number of aryl methyl sites for hydroxylation is 1. The molecule has 0 saturated carbocycles. The molecule has 2 atom stereocenters. The lowest BCUT2D eigenvalue weighted by Gasteiger charge is -2.40. The molecular formula is C19H26N6O. The van der Waals surface area contributed by atoms with E-state index >= 15 is 0 Å². The van der Waals surface area contributed by atoms with Gasteiger partial charge in [-0.05, 0) is 18.7 Å². The van der Waals surface area contributed by atoms with Crippen molar-refractivity contribution >= 4 is 5.52 Å². The number of likely N-dealkylation sites (N-methyl/N-ethyl adjacent to an activating group) is 1. The maximum absolute atomic E-state index is 6.14. The Bertz CT molecular complexity index is 856. The van der Waals surface area contributed by atoms with Crippen molar-refractivity contribution < 1.29 is 4.74 Å². The van der Waals surface area contributed by atoms with Crippen molar-refractivity contribution in [1.29, 1.82) is 0 Å². The monoisotopic (exact) mass is 354 g/mol. The minimum absolute atomic E-state index is 0.0981. The highest BCUT2D eigenvalue weighted by molar-refractivity contribution is 5.53. The van der Waals surface area contributed by atoms with E-state index in [-0.39, 0.29) is 12.1 Å². The Labute approximate surface area is 153 Å². The van der Waals surface area contributed by atoms with E-state index in [0.29, 0.717) is 0 Å². The van der Waals surface area contributed by atoms with E-state index in [9.17, 15) is 0 Å². The normalized spacial score (nSPS) is 21.5. The second-order valence-corrected chi connectivity index (χ2v) is 6.74. The van der Waals surface area contributed by atoms with Crippen molar-refractivity contribution in [1.82, 2.24) is 29.4 Å². The maximum atomic E-state index is 6.14. The number of aromatic nitrogens is 4. The fourth-order valence-corrected chi connectivity index (χ4v) is 3.81. The second-order valence-electron chi connectivity index (χ2n) is 6.74. The summed E-state index contributed by atoms with van der Waals surface area (Å²) in [4.78, 5) is 6.78. The van der Waals surface area contributed by atoms with Gasteiger partial charge in [0.2, 0.25) is 0 Å². The number of hydrogen-bond acceptors (Lipinski definition) is 5. The molecule has 1 N–H and O–H groups in total. The van der Waals surface area contributed by atoms with Gasteiger partial charge < -0.3 is 14.6 Å². The zero-order chi connectivity index (χ0) is 17.9. The number of pyridine rings is 1. The van der Waals surface area contributed by atoms with Crippen LogP contribution in [0.25, 0.3) is 5.52 Å². The Balaban J connectivity index is 1.46. The Morgan fingerprint density at radius 1 is 1.31 bits per heavy atom. The molecule has 0 bridgehead atoms. The number of ether oxygens (including phenoxy) is 1. The third kappa shape index (κ3) is 3.25. The quantitative estimate of drug-likeness (QED) is 0.729. The molecule has 4 heterocycles. The average molecular weight is 354 g/mol. The van der Waals surface area contributed by atoms with Crippen LogP contribution in [0.2, 0.25) is 0 Å². The van der Waals surface area contributed by atoms with E-state index in [1.165, 1.54) is 11.3 Å². The van der Waals surface area contributed by atoms with E-state index in [4.69, 9.17) is 4.74 Å². The molecule has 0 unspecified atom stereocenters. The van der Waals surface area contributed by atoms with E-state index in [0.717, 1.165) is 38.3 Å². The number of imidazole rings is 1. The average Bonchev–Trinajstić information content (AvgIpc) is 3.28. The number of hydrogen-bond donors (Lipinski definition) is 1. The summed E-state index contributed by atoms with van der Waals surface area (Å²) in [5, 5.41) is 7.97. The van der Waals surface area contributed by atoms with Crippen LogP contribution < -0.4 is 5.32 Å². The molecule has 3 aromatic heterocycles. The van der Waals surface area contributed by atoms with E-state index in [1.54, 1.807) is 0 Å². The standard InChI is InChI=1S/C19H26N6O/c1-3-24-8-9-26-18(19(24)17-12-21-14-23(17)2)13-20-10-15-11-22-25-7-5-4-6-16(15)25/h4-7,11-12,14,18-20H,3,8-10,13H2,1-2H3/t18-,19-/m0/s1. The van der Waals surface area contributed by atoms with Gasteiger partial charge in [0.1, 0.15) is 0 Å². The highest BCUT2D eigenvalue weighted by atomic mass is 16.5. The number of nitrogens with zero attached hydrogens (tertiary/aromatic N) is 5.